The maximum Gasteiger partial charge on any atom is 0.111 e. The smallest absolute Gasteiger partial charge is 0.111 e. The molecule has 3 N–H and O–H groups in total. The van der Waals surface area contributed by atoms with Crippen molar-refractivity contribution in [2.24, 2.45) is 29.1 Å². The van der Waals surface area contributed by atoms with Crippen LogP contribution >= 0.6 is 0 Å². The molecule has 0 aromatic heterocycles. The number of aliphatic hydroxyl groups excluding tert-OH is 1. The van der Waals surface area contributed by atoms with Crippen molar-refractivity contribution < 1.29 is 29.5 Å². The first-order valence-corrected chi connectivity index (χ1v) is 11.4. The number of hydrogen-bond acceptors (Lipinski definition) is 7. The van der Waals surface area contributed by atoms with Crippen LogP contribution in [0.3, 0.4) is 0 Å². The zero-order valence-corrected chi connectivity index (χ0v) is 17.5. The molecule has 0 radical (unpaired) electrons. The summed E-state index contributed by atoms with van der Waals surface area (Å²) in [5.41, 5.74) is -3.26. The number of likely N-dealkylation sites (N-methyl/N-ethyl adjacent to an activating group) is 1. The number of epoxide rings is 1. The van der Waals surface area contributed by atoms with Gasteiger partial charge in [-0.25, -0.2) is 0 Å². The van der Waals surface area contributed by atoms with E-state index in [1.165, 1.54) is 0 Å². The SMILES string of the molecule is CCN1CC23OC2CC(O)C24C5CC6C(OC)CC(O)(C5C6OC)C(O)(CC32)[C@H]14. The van der Waals surface area contributed by atoms with E-state index in [9.17, 15) is 15.3 Å². The molecule has 0 aromatic carbocycles. The average molecular weight is 408 g/mol. The van der Waals surface area contributed by atoms with Gasteiger partial charge >= 0.3 is 0 Å². The lowest BCUT2D eigenvalue weighted by Crippen LogP contribution is -2.81. The Kier molecular flexibility index (Phi) is 3.18. The van der Waals surface area contributed by atoms with Crippen LogP contribution in [-0.2, 0) is 14.2 Å². The third-order valence-corrected chi connectivity index (χ3v) is 11.0. The lowest BCUT2D eigenvalue weighted by Gasteiger charge is -2.67. The highest BCUT2D eigenvalue weighted by Crippen LogP contribution is 2.81. The summed E-state index contributed by atoms with van der Waals surface area (Å²) in [6, 6.07) is -0.242. The zero-order valence-electron chi connectivity index (χ0n) is 17.5. The van der Waals surface area contributed by atoms with E-state index in [1.54, 1.807) is 14.2 Å². The van der Waals surface area contributed by atoms with E-state index in [-0.39, 0.29) is 53.6 Å². The van der Waals surface area contributed by atoms with E-state index >= 15 is 0 Å². The summed E-state index contributed by atoms with van der Waals surface area (Å²) in [6.07, 6.45) is 1.75. The Labute approximate surface area is 171 Å². The van der Waals surface area contributed by atoms with Gasteiger partial charge in [-0.1, -0.05) is 6.92 Å². The Morgan fingerprint density at radius 2 is 1.90 bits per heavy atom. The van der Waals surface area contributed by atoms with Crippen molar-refractivity contribution in [3.05, 3.63) is 0 Å². The maximum absolute atomic E-state index is 12.4. The molecule has 5 aliphatic carbocycles. The predicted molar refractivity (Wildman–Crippen MR) is 101 cm³/mol. The van der Waals surface area contributed by atoms with Gasteiger partial charge < -0.3 is 29.5 Å². The number of ether oxygens (including phenoxy) is 3. The van der Waals surface area contributed by atoms with E-state index < -0.39 is 22.7 Å². The molecule has 7 bridgehead atoms. The average Bonchev–Trinajstić information content (AvgIpc) is 3.18. The molecule has 2 saturated heterocycles. The van der Waals surface area contributed by atoms with Gasteiger partial charge in [-0.3, -0.25) is 4.90 Å². The fourth-order valence-electron chi connectivity index (χ4n) is 10.3. The van der Waals surface area contributed by atoms with Crippen LogP contribution in [0.5, 0.6) is 0 Å². The number of nitrogens with zero attached hydrogens (tertiary/aromatic N) is 1. The highest BCUT2D eigenvalue weighted by Gasteiger charge is 2.91. The molecule has 7 fully saturated rings. The van der Waals surface area contributed by atoms with Gasteiger partial charge in [-0.15, -0.1) is 0 Å². The summed E-state index contributed by atoms with van der Waals surface area (Å²) in [5.74, 6) is 0.216. The molecule has 2 aliphatic heterocycles. The number of aliphatic hydroxyl groups is 3. The molecule has 5 saturated carbocycles. The molecular weight excluding hydrogens is 374 g/mol. The number of fused-ring (bicyclic) bond motifs is 2. The van der Waals surface area contributed by atoms with Crippen LogP contribution in [-0.4, -0.2) is 94.8 Å². The van der Waals surface area contributed by atoms with Crippen molar-refractivity contribution >= 4 is 0 Å². The van der Waals surface area contributed by atoms with Gasteiger partial charge in [0, 0.05) is 56.8 Å². The van der Waals surface area contributed by atoms with Crippen LogP contribution in [0.2, 0.25) is 0 Å². The number of piperidine rings is 1. The summed E-state index contributed by atoms with van der Waals surface area (Å²) in [6.45, 7) is 3.71. The highest BCUT2D eigenvalue weighted by molar-refractivity contribution is 5.41. The Morgan fingerprint density at radius 3 is 2.59 bits per heavy atom. The fraction of sp³-hybridized carbons (Fsp3) is 1.00. The van der Waals surface area contributed by atoms with E-state index in [4.69, 9.17) is 14.2 Å². The molecule has 0 aromatic rings. The van der Waals surface area contributed by atoms with Crippen molar-refractivity contribution in [1.29, 1.82) is 0 Å². The van der Waals surface area contributed by atoms with Gasteiger partial charge in [-0.2, -0.15) is 0 Å². The molecule has 2 heterocycles. The van der Waals surface area contributed by atoms with E-state index in [0.717, 1.165) is 19.5 Å². The van der Waals surface area contributed by atoms with Crippen molar-refractivity contribution in [3.63, 3.8) is 0 Å². The number of likely N-dealkylation sites (tertiary alicyclic amines) is 1. The second kappa shape index (κ2) is 5.03. The van der Waals surface area contributed by atoms with Crippen LogP contribution in [0.4, 0.5) is 0 Å². The molecule has 7 nitrogen and oxygen atoms in total. The number of hydrogen-bond donors (Lipinski definition) is 3. The minimum absolute atomic E-state index is 0.0858. The third-order valence-electron chi connectivity index (χ3n) is 11.0. The highest BCUT2D eigenvalue weighted by atomic mass is 16.6. The second-order valence-corrected chi connectivity index (χ2v) is 11.1. The normalized spacial score (nSPS) is 68.7. The molecule has 0 amide bonds. The van der Waals surface area contributed by atoms with Gasteiger partial charge in [-0.05, 0) is 25.3 Å². The number of methoxy groups -OCH3 is 2. The quantitative estimate of drug-likeness (QED) is 0.556. The van der Waals surface area contributed by atoms with Crippen LogP contribution < -0.4 is 0 Å². The summed E-state index contributed by atoms with van der Waals surface area (Å²) in [5, 5.41) is 36.4. The first kappa shape index (κ1) is 18.3. The molecule has 12 unspecified atom stereocenters. The molecule has 29 heavy (non-hydrogen) atoms. The van der Waals surface area contributed by atoms with Gasteiger partial charge in [0.25, 0.3) is 0 Å². The van der Waals surface area contributed by atoms with Crippen LogP contribution in [0.25, 0.3) is 0 Å². The van der Waals surface area contributed by atoms with Gasteiger partial charge in [0.1, 0.15) is 16.8 Å². The molecular formula is C22H33NO6. The lowest BCUT2D eigenvalue weighted by atomic mass is 9.45. The van der Waals surface area contributed by atoms with E-state index in [0.29, 0.717) is 19.3 Å². The molecule has 7 aliphatic rings. The first-order valence-electron chi connectivity index (χ1n) is 11.4. The molecule has 7 heteroatoms. The summed E-state index contributed by atoms with van der Waals surface area (Å²) >= 11 is 0. The Balaban J connectivity index is 1.51. The summed E-state index contributed by atoms with van der Waals surface area (Å²) in [4.78, 5) is 2.33. The zero-order chi connectivity index (χ0) is 20.1. The Bertz CT molecular complexity index is 780. The monoisotopic (exact) mass is 407 g/mol. The fourth-order valence-corrected chi connectivity index (χ4v) is 10.3. The topological polar surface area (TPSA) is 94.9 Å². The third kappa shape index (κ3) is 1.55. The van der Waals surface area contributed by atoms with Gasteiger partial charge in [0.15, 0.2) is 0 Å². The van der Waals surface area contributed by atoms with E-state index in [2.05, 4.69) is 11.8 Å². The molecule has 13 atom stereocenters. The predicted octanol–water partition coefficient (Wildman–Crippen LogP) is -0.239. The molecule has 162 valence electrons. The minimum atomic E-state index is -1.29. The Morgan fingerprint density at radius 1 is 1.10 bits per heavy atom. The Hall–Kier alpha value is -0.280. The molecule has 7 rings (SSSR count). The number of rotatable bonds is 3. The summed E-state index contributed by atoms with van der Waals surface area (Å²) in [7, 11) is 3.42. The largest absolute Gasteiger partial charge is 0.392 e. The minimum Gasteiger partial charge on any atom is -0.392 e. The van der Waals surface area contributed by atoms with Crippen LogP contribution in [0.15, 0.2) is 0 Å². The summed E-state index contributed by atoms with van der Waals surface area (Å²) < 4.78 is 18.2. The van der Waals surface area contributed by atoms with Crippen LogP contribution in [0.1, 0.15) is 32.6 Å². The standard InChI is InChI=1S/C22H33NO6/c1-4-23-9-19-13-8-21(26)18(23)22(13,14(24)6-15(19)29-19)11-5-10-12(27-2)7-20(21,25)16(11)17(10)28-3/h10-18,24-26H,4-9H2,1-3H3/t10?,11?,12?,13?,14?,15?,16?,17?,18-,19?,20?,21?,22?/m0/s1. The van der Waals surface area contributed by atoms with Crippen molar-refractivity contribution in [1.82, 2.24) is 4.90 Å². The van der Waals surface area contributed by atoms with Crippen molar-refractivity contribution in [2.75, 3.05) is 27.3 Å². The maximum atomic E-state index is 12.4. The van der Waals surface area contributed by atoms with E-state index in [1.807, 2.05) is 0 Å². The second-order valence-electron chi connectivity index (χ2n) is 11.1. The van der Waals surface area contributed by atoms with Crippen molar-refractivity contribution in [2.45, 2.75) is 79.9 Å². The van der Waals surface area contributed by atoms with Gasteiger partial charge in [0.2, 0.25) is 0 Å². The lowest BCUT2D eigenvalue weighted by molar-refractivity contribution is -0.304. The molecule has 2 spiro atoms. The first-order chi connectivity index (χ1) is 13.8. The van der Waals surface area contributed by atoms with Crippen LogP contribution in [0, 0.1) is 29.1 Å². The van der Waals surface area contributed by atoms with Crippen molar-refractivity contribution in [3.8, 4) is 0 Å². The van der Waals surface area contributed by atoms with Gasteiger partial charge in [0.05, 0.1) is 30.5 Å².